The van der Waals surface area contributed by atoms with Crippen molar-refractivity contribution in [3.63, 3.8) is 0 Å². The normalized spacial score (nSPS) is 24.3. The number of amides is 2. The quantitative estimate of drug-likeness (QED) is 0.627. The zero-order valence-corrected chi connectivity index (χ0v) is 11.9. The summed E-state index contributed by atoms with van der Waals surface area (Å²) in [4.78, 5) is 37.7. The summed E-state index contributed by atoms with van der Waals surface area (Å²) in [5.41, 5.74) is 1.05. The van der Waals surface area contributed by atoms with Crippen LogP contribution in [0.4, 0.5) is 0 Å². The summed E-state index contributed by atoms with van der Waals surface area (Å²) in [7, 11) is 1.32. The van der Waals surface area contributed by atoms with Crippen molar-refractivity contribution in [2.45, 2.75) is 25.8 Å². The molecule has 1 aromatic rings. The van der Waals surface area contributed by atoms with Gasteiger partial charge in [-0.15, -0.1) is 0 Å². The maximum Gasteiger partial charge on any atom is 0.338 e. The van der Waals surface area contributed by atoms with Gasteiger partial charge >= 0.3 is 5.97 Å². The number of imide groups is 1. The fourth-order valence-electron chi connectivity index (χ4n) is 3.35. The van der Waals surface area contributed by atoms with Crippen LogP contribution in [-0.2, 0) is 20.9 Å². The van der Waals surface area contributed by atoms with Crippen molar-refractivity contribution in [2.24, 2.45) is 11.8 Å². The number of likely N-dealkylation sites (tertiary alicyclic amines) is 1. The number of ether oxygens (including phenoxy) is 1. The Bertz CT molecular complexity index is 588. The lowest BCUT2D eigenvalue weighted by Gasteiger charge is -2.17. The first-order chi connectivity index (χ1) is 10.1. The summed E-state index contributed by atoms with van der Waals surface area (Å²) in [6.45, 7) is 0.149. The minimum atomic E-state index is -0.454. The largest absolute Gasteiger partial charge is 0.465 e. The van der Waals surface area contributed by atoms with Crippen molar-refractivity contribution >= 4 is 17.8 Å². The lowest BCUT2D eigenvalue weighted by Crippen LogP contribution is -2.31. The van der Waals surface area contributed by atoms with Crippen LogP contribution in [-0.4, -0.2) is 29.8 Å². The fourth-order valence-corrected chi connectivity index (χ4v) is 3.35. The highest BCUT2D eigenvalue weighted by Crippen LogP contribution is 2.40. The van der Waals surface area contributed by atoms with E-state index in [1.54, 1.807) is 24.3 Å². The molecule has 1 aliphatic heterocycles. The number of carbonyl (C=O) groups excluding carboxylic acids is 3. The second kappa shape index (κ2) is 5.31. The van der Waals surface area contributed by atoms with Gasteiger partial charge in [0.2, 0.25) is 11.8 Å². The van der Waals surface area contributed by atoms with Crippen LogP contribution in [0.15, 0.2) is 24.3 Å². The van der Waals surface area contributed by atoms with Gasteiger partial charge in [0.05, 0.1) is 31.1 Å². The summed E-state index contributed by atoms with van der Waals surface area (Å²) >= 11 is 0. The Morgan fingerprint density at radius 2 is 1.81 bits per heavy atom. The summed E-state index contributed by atoms with van der Waals surface area (Å²) < 4.78 is 4.74. The van der Waals surface area contributed by atoms with Gasteiger partial charge in [0.1, 0.15) is 0 Å². The van der Waals surface area contributed by atoms with E-state index in [1.165, 1.54) is 12.0 Å². The summed E-state index contributed by atoms with van der Waals surface area (Å²) in [5.74, 6) is -0.945. The lowest BCUT2D eigenvalue weighted by molar-refractivity contribution is -0.141. The van der Waals surface area contributed by atoms with Gasteiger partial charge in [-0.25, -0.2) is 4.79 Å². The van der Waals surface area contributed by atoms with Crippen LogP contribution in [0.2, 0.25) is 0 Å². The number of fused-ring (bicyclic) bond motifs is 1. The standard InChI is InChI=1S/C16H17NO4/c1-21-16(20)11-6-3-2-5-10(11)9-17-14(18)12-7-4-8-13(12)15(17)19/h2-3,5-6,12-13H,4,7-9H2,1H3. The molecular weight excluding hydrogens is 270 g/mol. The number of esters is 1. The van der Waals surface area contributed by atoms with Crippen LogP contribution in [0.25, 0.3) is 0 Å². The molecule has 1 aliphatic carbocycles. The van der Waals surface area contributed by atoms with E-state index in [4.69, 9.17) is 4.74 Å². The monoisotopic (exact) mass is 287 g/mol. The molecule has 1 aromatic carbocycles. The third-order valence-corrected chi connectivity index (χ3v) is 4.43. The zero-order valence-electron chi connectivity index (χ0n) is 11.9. The Labute approximate surface area is 122 Å². The van der Waals surface area contributed by atoms with Gasteiger partial charge in [0.25, 0.3) is 0 Å². The second-order valence-electron chi connectivity index (χ2n) is 5.56. The van der Waals surface area contributed by atoms with Gasteiger partial charge in [0, 0.05) is 0 Å². The van der Waals surface area contributed by atoms with Crippen molar-refractivity contribution in [3.8, 4) is 0 Å². The van der Waals surface area contributed by atoms with E-state index in [1.807, 2.05) is 0 Å². The van der Waals surface area contributed by atoms with E-state index in [-0.39, 0.29) is 30.2 Å². The molecule has 1 heterocycles. The molecule has 1 saturated heterocycles. The first-order valence-electron chi connectivity index (χ1n) is 7.15. The first kappa shape index (κ1) is 13.8. The molecule has 2 fully saturated rings. The Morgan fingerprint density at radius 1 is 1.19 bits per heavy atom. The SMILES string of the molecule is COC(=O)c1ccccc1CN1C(=O)C2CCCC2C1=O. The van der Waals surface area contributed by atoms with Gasteiger partial charge in [-0.05, 0) is 24.5 Å². The molecule has 1 saturated carbocycles. The maximum atomic E-state index is 12.3. The predicted molar refractivity (Wildman–Crippen MR) is 74.2 cm³/mol. The van der Waals surface area contributed by atoms with Crippen LogP contribution in [0.3, 0.4) is 0 Å². The minimum absolute atomic E-state index is 0.0952. The van der Waals surface area contributed by atoms with Crippen LogP contribution in [0.1, 0.15) is 35.2 Å². The number of rotatable bonds is 3. The molecule has 110 valence electrons. The molecular formula is C16H17NO4. The summed E-state index contributed by atoms with van der Waals surface area (Å²) in [6, 6.07) is 6.92. The number of methoxy groups -OCH3 is 1. The van der Waals surface area contributed by atoms with Gasteiger partial charge in [0.15, 0.2) is 0 Å². The van der Waals surface area contributed by atoms with Gasteiger partial charge in [-0.2, -0.15) is 0 Å². The molecule has 3 rings (SSSR count). The fraction of sp³-hybridized carbons (Fsp3) is 0.438. The van der Waals surface area contributed by atoms with E-state index in [9.17, 15) is 14.4 Å². The molecule has 5 nitrogen and oxygen atoms in total. The Kier molecular flexibility index (Phi) is 3.49. The molecule has 5 heteroatoms. The highest BCUT2D eigenvalue weighted by atomic mass is 16.5. The van der Waals surface area contributed by atoms with Crippen LogP contribution in [0, 0.1) is 11.8 Å². The Hall–Kier alpha value is -2.17. The number of hydrogen-bond donors (Lipinski definition) is 0. The van der Waals surface area contributed by atoms with Crippen molar-refractivity contribution in [2.75, 3.05) is 7.11 Å². The molecule has 0 spiro atoms. The lowest BCUT2D eigenvalue weighted by atomic mass is 10.00. The molecule has 2 atom stereocenters. The second-order valence-corrected chi connectivity index (χ2v) is 5.56. The zero-order chi connectivity index (χ0) is 15.0. The molecule has 0 N–H and O–H groups in total. The molecule has 2 amide bonds. The number of hydrogen-bond acceptors (Lipinski definition) is 4. The van der Waals surface area contributed by atoms with E-state index >= 15 is 0 Å². The van der Waals surface area contributed by atoms with Gasteiger partial charge < -0.3 is 4.74 Å². The van der Waals surface area contributed by atoms with E-state index in [2.05, 4.69) is 0 Å². The molecule has 0 bridgehead atoms. The number of carbonyl (C=O) groups is 3. The molecule has 0 aromatic heterocycles. The Morgan fingerprint density at radius 3 is 2.43 bits per heavy atom. The molecule has 21 heavy (non-hydrogen) atoms. The molecule has 2 unspecified atom stereocenters. The minimum Gasteiger partial charge on any atom is -0.465 e. The third kappa shape index (κ3) is 2.22. The van der Waals surface area contributed by atoms with E-state index in [0.29, 0.717) is 11.1 Å². The number of nitrogens with zero attached hydrogens (tertiary/aromatic N) is 1. The van der Waals surface area contributed by atoms with E-state index in [0.717, 1.165) is 19.3 Å². The van der Waals surface area contributed by atoms with E-state index < -0.39 is 5.97 Å². The summed E-state index contributed by atoms with van der Waals surface area (Å²) in [5, 5.41) is 0. The van der Waals surface area contributed by atoms with Crippen molar-refractivity contribution in [3.05, 3.63) is 35.4 Å². The highest BCUT2D eigenvalue weighted by molar-refractivity contribution is 6.05. The maximum absolute atomic E-state index is 12.3. The van der Waals surface area contributed by atoms with Gasteiger partial charge in [-0.3, -0.25) is 14.5 Å². The third-order valence-electron chi connectivity index (χ3n) is 4.43. The average Bonchev–Trinajstić information content (AvgIpc) is 3.07. The molecule has 2 aliphatic rings. The number of benzene rings is 1. The highest BCUT2D eigenvalue weighted by Gasteiger charge is 2.49. The van der Waals surface area contributed by atoms with Crippen LogP contribution < -0.4 is 0 Å². The Balaban J connectivity index is 1.86. The molecule has 0 radical (unpaired) electrons. The van der Waals surface area contributed by atoms with Crippen LogP contribution in [0.5, 0.6) is 0 Å². The average molecular weight is 287 g/mol. The summed E-state index contributed by atoms with van der Waals surface area (Å²) in [6.07, 6.45) is 2.54. The smallest absolute Gasteiger partial charge is 0.338 e. The van der Waals surface area contributed by atoms with Crippen LogP contribution >= 0.6 is 0 Å². The van der Waals surface area contributed by atoms with Crippen molar-refractivity contribution in [1.82, 2.24) is 4.90 Å². The predicted octanol–water partition coefficient (Wildman–Crippen LogP) is 1.76. The first-order valence-corrected chi connectivity index (χ1v) is 7.15. The topological polar surface area (TPSA) is 63.7 Å². The van der Waals surface area contributed by atoms with Gasteiger partial charge in [-0.1, -0.05) is 24.6 Å². The van der Waals surface area contributed by atoms with Crippen molar-refractivity contribution in [1.29, 1.82) is 0 Å². The van der Waals surface area contributed by atoms with Crippen molar-refractivity contribution < 1.29 is 19.1 Å².